The predicted octanol–water partition coefficient (Wildman–Crippen LogP) is 1.15. The van der Waals surface area contributed by atoms with Gasteiger partial charge in [0.1, 0.15) is 5.82 Å². The monoisotopic (exact) mass is 308 g/mol. The number of rotatable bonds is 4. The number of nitrogens with one attached hydrogen (secondary N) is 2. The molecule has 7 nitrogen and oxygen atoms in total. The maximum atomic E-state index is 12.0. The molecule has 0 fully saturated rings. The van der Waals surface area contributed by atoms with Crippen LogP contribution in [0.5, 0.6) is 0 Å². The van der Waals surface area contributed by atoms with Gasteiger partial charge < -0.3 is 9.88 Å². The SMILES string of the molecule is Cc1ccc(S(=O)(=O)NC(=O)NCn2ccnc2C)cc1. The maximum Gasteiger partial charge on any atom is 0.330 e. The minimum atomic E-state index is -3.86. The van der Waals surface area contributed by atoms with E-state index >= 15 is 0 Å². The Morgan fingerprint density at radius 3 is 2.48 bits per heavy atom. The third-order valence-electron chi connectivity index (χ3n) is 2.89. The normalized spacial score (nSPS) is 11.1. The van der Waals surface area contributed by atoms with Crippen molar-refractivity contribution in [1.82, 2.24) is 19.6 Å². The van der Waals surface area contributed by atoms with Crippen LogP contribution in [0.4, 0.5) is 4.79 Å². The van der Waals surface area contributed by atoms with Crippen LogP contribution in [0, 0.1) is 13.8 Å². The van der Waals surface area contributed by atoms with E-state index < -0.39 is 16.1 Å². The minimum Gasteiger partial charge on any atom is -0.319 e. The average Bonchev–Trinajstić information content (AvgIpc) is 2.82. The molecule has 0 spiro atoms. The van der Waals surface area contributed by atoms with Crippen LogP contribution >= 0.6 is 0 Å². The molecule has 2 rings (SSSR count). The number of sulfonamides is 1. The second-order valence-corrected chi connectivity index (χ2v) is 6.21. The molecule has 0 radical (unpaired) electrons. The summed E-state index contributed by atoms with van der Waals surface area (Å²) in [5.41, 5.74) is 0.939. The number of nitrogens with zero attached hydrogens (tertiary/aromatic N) is 2. The first kappa shape index (κ1) is 15.0. The summed E-state index contributed by atoms with van der Waals surface area (Å²) in [6, 6.07) is 5.45. The van der Waals surface area contributed by atoms with Crippen LogP contribution in [0.15, 0.2) is 41.6 Å². The van der Waals surface area contributed by atoms with Gasteiger partial charge in [-0.2, -0.15) is 0 Å². The first-order valence-electron chi connectivity index (χ1n) is 6.23. The van der Waals surface area contributed by atoms with Gasteiger partial charge in [-0.3, -0.25) is 0 Å². The zero-order chi connectivity index (χ0) is 15.5. The number of aromatic nitrogens is 2. The Morgan fingerprint density at radius 1 is 1.24 bits per heavy atom. The van der Waals surface area contributed by atoms with E-state index in [2.05, 4.69) is 10.3 Å². The summed E-state index contributed by atoms with van der Waals surface area (Å²) >= 11 is 0. The third kappa shape index (κ3) is 3.82. The summed E-state index contributed by atoms with van der Waals surface area (Å²) < 4.78 is 27.6. The number of carbonyl (C=O) groups excluding carboxylic acids is 1. The van der Waals surface area contributed by atoms with Crippen LogP contribution in [0.25, 0.3) is 0 Å². The van der Waals surface area contributed by atoms with Crippen molar-refractivity contribution in [2.45, 2.75) is 25.4 Å². The van der Waals surface area contributed by atoms with Crippen LogP contribution < -0.4 is 10.0 Å². The molecule has 8 heteroatoms. The highest BCUT2D eigenvalue weighted by atomic mass is 32.2. The van der Waals surface area contributed by atoms with Gasteiger partial charge in [0.05, 0.1) is 11.6 Å². The lowest BCUT2D eigenvalue weighted by molar-refractivity contribution is 0.243. The van der Waals surface area contributed by atoms with Gasteiger partial charge in [-0.1, -0.05) is 17.7 Å². The molecule has 1 aromatic carbocycles. The van der Waals surface area contributed by atoms with E-state index in [4.69, 9.17) is 0 Å². The molecule has 1 heterocycles. The average molecular weight is 308 g/mol. The third-order valence-corrected chi connectivity index (χ3v) is 4.24. The molecule has 2 aromatic rings. The molecule has 0 aliphatic heterocycles. The molecule has 0 saturated carbocycles. The number of urea groups is 1. The number of hydrogen-bond acceptors (Lipinski definition) is 4. The standard InChI is InChI=1S/C13H16N4O3S/c1-10-3-5-12(6-4-10)21(19,20)16-13(18)15-9-17-8-7-14-11(17)2/h3-8H,9H2,1-2H3,(H2,15,16,18). The quantitative estimate of drug-likeness (QED) is 0.886. The van der Waals surface area contributed by atoms with Crippen molar-refractivity contribution < 1.29 is 13.2 Å². The smallest absolute Gasteiger partial charge is 0.319 e. The van der Waals surface area contributed by atoms with Gasteiger partial charge >= 0.3 is 6.03 Å². The van der Waals surface area contributed by atoms with Gasteiger partial charge in [0.25, 0.3) is 10.0 Å². The summed E-state index contributed by atoms with van der Waals surface area (Å²) in [6.07, 6.45) is 3.28. The number of hydrogen-bond donors (Lipinski definition) is 2. The lowest BCUT2D eigenvalue weighted by Crippen LogP contribution is -2.40. The van der Waals surface area contributed by atoms with E-state index in [1.54, 1.807) is 36.0 Å². The van der Waals surface area contributed by atoms with Gasteiger partial charge in [0.15, 0.2) is 0 Å². The Morgan fingerprint density at radius 2 is 1.90 bits per heavy atom. The topological polar surface area (TPSA) is 93.1 Å². The van der Waals surface area contributed by atoms with Crippen LogP contribution in [-0.4, -0.2) is 24.0 Å². The van der Waals surface area contributed by atoms with Crippen molar-refractivity contribution >= 4 is 16.1 Å². The van der Waals surface area contributed by atoms with E-state index in [0.29, 0.717) is 0 Å². The highest BCUT2D eigenvalue weighted by molar-refractivity contribution is 7.90. The van der Waals surface area contributed by atoms with Crippen molar-refractivity contribution in [2.24, 2.45) is 0 Å². The molecule has 0 unspecified atom stereocenters. The van der Waals surface area contributed by atoms with E-state index in [1.807, 2.05) is 11.6 Å². The largest absolute Gasteiger partial charge is 0.330 e. The van der Waals surface area contributed by atoms with Crippen LogP contribution in [-0.2, 0) is 16.7 Å². The van der Waals surface area contributed by atoms with Gasteiger partial charge in [0, 0.05) is 12.4 Å². The van der Waals surface area contributed by atoms with Crippen molar-refractivity contribution in [3.63, 3.8) is 0 Å². The summed E-state index contributed by atoms with van der Waals surface area (Å²) in [5, 5.41) is 2.46. The first-order chi connectivity index (χ1) is 9.88. The number of aryl methyl sites for hydroxylation is 2. The fourth-order valence-electron chi connectivity index (χ4n) is 1.66. The fraction of sp³-hybridized carbons (Fsp3) is 0.231. The summed E-state index contributed by atoms with van der Waals surface area (Å²) in [6.45, 7) is 3.77. The first-order valence-corrected chi connectivity index (χ1v) is 7.72. The lowest BCUT2D eigenvalue weighted by atomic mass is 10.2. The highest BCUT2D eigenvalue weighted by Crippen LogP contribution is 2.09. The molecule has 0 aliphatic rings. The second kappa shape index (κ2) is 5.96. The molecule has 0 saturated heterocycles. The summed E-state index contributed by atoms with van der Waals surface area (Å²) in [7, 11) is -3.86. The maximum absolute atomic E-state index is 12.0. The van der Waals surface area contributed by atoms with Crippen molar-refractivity contribution in [3.8, 4) is 0 Å². The minimum absolute atomic E-state index is 0.0436. The van der Waals surface area contributed by atoms with E-state index in [9.17, 15) is 13.2 Å². The zero-order valence-electron chi connectivity index (χ0n) is 11.7. The molecule has 1 aromatic heterocycles. The number of amides is 2. The Bertz CT molecular complexity index is 735. The van der Waals surface area contributed by atoms with Crippen molar-refractivity contribution in [2.75, 3.05) is 0 Å². The summed E-state index contributed by atoms with van der Waals surface area (Å²) in [4.78, 5) is 15.7. The van der Waals surface area contributed by atoms with Crippen LogP contribution in [0.2, 0.25) is 0 Å². The molecule has 2 N–H and O–H groups in total. The van der Waals surface area contributed by atoms with Gasteiger partial charge in [-0.15, -0.1) is 0 Å². The number of carbonyl (C=O) groups is 1. The number of benzene rings is 1. The van der Waals surface area contributed by atoms with Gasteiger partial charge in [-0.25, -0.2) is 22.9 Å². The fourth-order valence-corrected chi connectivity index (χ4v) is 2.59. The predicted molar refractivity (Wildman–Crippen MR) is 77.0 cm³/mol. The molecular weight excluding hydrogens is 292 g/mol. The second-order valence-electron chi connectivity index (χ2n) is 4.53. The Kier molecular flexibility index (Phi) is 4.27. The zero-order valence-corrected chi connectivity index (χ0v) is 12.5. The Hall–Kier alpha value is -2.35. The lowest BCUT2D eigenvalue weighted by Gasteiger charge is -2.10. The molecular formula is C13H16N4O3S. The molecule has 112 valence electrons. The van der Waals surface area contributed by atoms with Crippen LogP contribution in [0.1, 0.15) is 11.4 Å². The van der Waals surface area contributed by atoms with E-state index in [1.165, 1.54) is 12.1 Å². The Labute approximate surface area is 123 Å². The molecule has 0 atom stereocenters. The number of imidazole rings is 1. The van der Waals surface area contributed by atoms with Crippen molar-refractivity contribution in [1.29, 1.82) is 0 Å². The molecule has 2 amide bonds. The molecule has 0 bridgehead atoms. The molecule has 21 heavy (non-hydrogen) atoms. The molecule has 0 aliphatic carbocycles. The van der Waals surface area contributed by atoms with E-state index in [-0.39, 0.29) is 11.6 Å². The van der Waals surface area contributed by atoms with Gasteiger partial charge in [-0.05, 0) is 26.0 Å². The van der Waals surface area contributed by atoms with Gasteiger partial charge in [0.2, 0.25) is 0 Å². The van der Waals surface area contributed by atoms with Crippen molar-refractivity contribution in [3.05, 3.63) is 48.0 Å². The van der Waals surface area contributed by atoms with Crippen LogP contribution in [0.3, 0.4) is 0 Å². The van der Waals surface area contributed by atoms with E-state index in [0.717, 1.165) is 11.4 Å². The summed E-state index contributed by atoms with van der Waals surface area (Å²) in [5.74, 6) is 0.719. The highest BCUT2D eigenvalue weighted by Gasteiger charge is 2.17. The Balaban J connectivity index is 1.98.